The van der Waals surface area contributed by atoms with Crippen LogP contribution in [0.5, 0.6) is 0 Å². The summed E-state index contributed by atoms with van der Waals surface area (Å²) < 4.78 is 27.2. The Kier molecular flexibility index (Phi) is 3.63. The van der Waals surface area contributed by atoms with Gasteiger partial charge in [0.15, 0.2) is 0 Å². The molecule has 0 bridgehead atoms. The van der Waals surface area contributed by atoms with E-state index in [-0.39, 0.29) is 0 Å². The molecule has 0 aliphatic heterocycles. The van der Waals surface area contributed by atoms with Crippen LogP contribution in [0.4, 0.5) is 0 Å². The zero-order valence-corrected chi connectivity index (χ0v) is 10.2. The van der Waals surface area contributed by atoms with Gasteiger partial charge in [-0.25, -0.2) is 4.98 Å². The number of pyridine rings is 1. The highest BCUT2D eigenvalue weighted by Crippen LogP contribution is 2.20. The van der Waals surface area contributed by atoms with Crippen molar-refractivity contribution in [3.63, 3.8) is 0 Å². The Morgan fingerprint density at radius 1 is 1.57 bits per heavy atom. The second kappa shape index (κ2) is 4.37. The molecular weight excluding hydrogens is 270 g/mol. The molecule has 0 aliphatic rings. The molecule has 6 heteroatoms. The SMILES string of the molecule is CC(OS(C)(=O)=O)c1ccnc(Br)c1. The van der Waals surface area contributed by atoms with Crippen molar-refractivity contribution in [1.82, 2.24) is 4.98 Å². The summed E-state index contributed by atoms with van der Waals surface area (Å²) in [5, 5.41) is 0. The molecule has 1 atom stereocenters. The van der Waals surface area contributed by atoms with E-state index >= 15 is 0 Å². The van der Waals surface area contributed by atoms with Gasteiger partial charge in [-0.1, -0.05) is 0 Å². The molecule has 0 N–H and O–H groups in total. The number of hydrogen-bond acceptors (Lipinski definition) is 4. The van der Waals surface area contributed by atoms with Gasteiger partial charge >= 0.3 is 0 Å². The smallest absolute Gasteiger partial charge is 0.262 e. The molecule has 4 nitrogen and oxygen atoms in total. The first-order chi connectivity index (χ1) is 6.38. The molecule has 0 saturated heterocycles. The van der Waals surface area contributed by atoms with Crippen LogP contribution in [-0.4, -0.2) is 19.7 Å². The van der Waals surface area contributed by atoms with Crippen LogP contribution in [0.15, 0.2) is 22.9 Å². The highest BCUT2D eigenvalue weighted by Gasteiger charge is 2.12. The standard InChI is InChI=1S/C8H10BrNO3S/c1-6(13-14(2,11)12)7-3-4-10-8(9)5-7/h3-6H,1-2H3. The number of aromatic nitrogens is 1. The Balaban J connectivity index is 2.85. The van der Waals surface area contributed by atoms with E-state index in [2.05, 4.69) is 20.9 Å². The summed E-state index contributed by atoms with van der Waals surface area (Å²) in [5.74, 6) is 0. The van der Waals surface area contributed by atoms with Crippen molar-refractivity contribution in [2.45, 2.75) is 13.0 Å². The van der Waals surface area contributed by atoms with Gasteiger partial charge in [-0.05, 0) is 40.5 Å². The summed E-state index contributed by atoms with van der Waals surface area (Å²) >= 11 is 3.19. The Morgan fingerprint density at radius 2 is 2.21 bits per heavy atom. The van der Waals surface area contributed by atoms with E-state index in [1.807, 2.05) is 0 Å². The molecule has 0 fully saturated rings. The lowest BCUT2D eigenvalue weighted by Gasteiger charge is -2.10. The predicted molar refractivity (Wildman–Crippen MR) is 56.3 cm³/mol. The summed E-state index contributed by atoms with van der Waals surface area (Å²) in [4.78, 5) is 3.93. The Labute approximate surface area is 91.6 Å². The van der Waals surface area contributed by atoms with Crippen LogP contribution in [0, 0.1) is 0 Å². The maximum absolute atomic E-state index is 10.9. The van der Waals surface area contributed by atoms with Crippen LogP contribution in [0.25, 0.3) is 0 Å². The predicted octanol–water partition coefficient (Wildman–Crippen LogP) is 1.88. The van der Waals surface area contributed by atoms with Crippen LogP contribution in [-0.2, 0) is 14.3 Å². The molecule has 0 spiro atoms. The molecule has 0 aliphatic carbocycles. The summed E-state index contributed by atoms with van der Waals surface area (Å²) in [7, 11) is -3.42. The molecule has 0 radical (unpaired) electrons. The maximum atomic E-state index is 10.9. The lowest BCUT2D eigenvalue weighted by molar-refractivity contribution is 0.236. The third-order valence-electron chi connectivity index (χ3n) is 1.54. The zero-order chi connectivity index (χ0) is 10.8. The molecule has 1 rings (SSSR count). The van der Waals surface area contributed by atoms with Crippen molar-refractivity contribution in [2.24, 2.45) is 0 Å². The highest BCUT2D eigenvalue weighted by molar-refractivity contribution is 9.10. The van der Waals surface area contributed by atoms with Crippen LogP contribution < -0.4 is 0 Å². The van der Waals surface area contributed by atoms with Crippen LogP contribution in [0.2, 0.25) is 0 Å². The summed E-state index contributed by atoms with van der Waals surface area (Å²) in [5.41, 5.74) is 0.761. The van der Waals surface area contributed by atoms with E-state index in [1.54, 1.807) is 25.3 Å². The van der Waals surface area contributed by atoms with E-state index < -0.39 is 16.2 Å². The second-order valence-electron chi connectivity index (χ2n) is 2.85. The Bertz CT molecular complexity index is 418. The summed E-state index contributed by atoms with van der Waals surface area (Å²) in [6.45, 7) is 1.67. The van der Waals surface area contributed by atoms with Gasteiger partial charge in [0.25, 0.3) is 10.1 Å². The average Bonchev–Trinajstić information content (AvgIpc) is 2.01. The molecule has 14 heavy (non-hydrogen) atoms. The first kappa shape index (κ1) is 11.6. The molecule has 78 valence electrons. The zero-order valence-electron chi connectivity index (χ0n) is 7.77. The van der Waals surface area contributed by atoms with Crippen molar-refractivity contribution >= 4 is 26.0 Å². The van der Waals surface area contributed by atoms with Crippen molar-refractivity contribution in [2.75, 3.05) is 6.26 Å². The van der Waals surface area contributed by atoms with E-state index in [0.717, 1.165) is 11.8 Å². The minimum Gasteiger partial charge on any atom is -0.262 e. The largest absolute Gasteiger partial charge is 0.264 e. The van der Waals surface area contributed by atoms with Crippen LogP contribution in [0.1, 0.15) is 18.6 Å². The molecule has 0 aromatic carbocycles. The van der Waals surface area contributed by atoms with Crippen molar-refractivity contribution < 1.29 is 12.6 Å². The normalized spacial score (nSPS) is 13.9. The van der Waals surface area contributed by atoms with E-state index in [0.29, 0.717) is 4.60 Å². The van der Waals surface area contributed by atoms with Gasteiger partial charge in [-0.15, -0.1) is 0 Å². The maximum Gasteiger partial charge on any atom is 0.264 e. The van der Waals surface area contributed by atoms with Gasteiger partial charge in [-0.2, -0.15) is 8.42 Å². The fourth-order valence-corrected chi connectivity index (χ4v) is 2.01. The van der Waals surface area contributed by atoms with E-state index in [9.17, 15) is 8.42 Å². The number of hydrogen-bond donors (Lipinski definition) is 0. The summed E-state index contributed by atoms with van der Waals surface area (Å²) in [6, 6.07) is 3.43. The molecule has 1 unspecified atom stereocenters. The highest BCUT2D eigenvalue weighted by atomic mass is 79.9. The molecule has 0 amide bonds. The lowest BCUT2D eigenvalue weighted by Crippen LogP contribution is -2.07. The van der Waals surface area contributed by atoms with Crippen molar-refractivity contribution in [3.05, 3.63) is 28.5 Å². The molecule has 0 saturated carbocycles. The lowest BCUT2D eigenvalue weighted by atomic mass is 10.2. The van der Waals surface area contributed by atoms with Crippen molar-refractivity contribution in [1.29, 1.82) is 0 Å². The molecule has 1 aromatic rings. The van der Waals surface area contributed by atoms with Gasteiger partial charge in [-0.3, -0.25) is 4.18 Å². The third kappa shape index (κ3) is 3.73. The van der Waals surface area contributed by atoms with Crippen molar-refractivity contribution in [3.8, 4) is 0 Å². The minimum absolute atomic E-state index is 0.496. The number of nitrogens with zero attached hydrogens (tertiary/aromatic N) is 1. The Hall–Kier alpha value is -0.460. The van der Waals surface area contributed by atoms with Gasteiger partial charge in [0.1, 0.15) is 4.60 Å². The minimum atomic E-state index is -3.42. The van der Waals surface area contributed by atoms with Crippen LogP contribution >= 0.6 is 15.9 Å². The van der Waals surface area contributed by atoms with Gasteiger partial charge in [0.05, 0.1) is 12.4 Å². The molecule has 1 heterocycles. The van der Waals surface area contributed by atoms with Crippen LogP contribution in [0.3, 0.4) is 0 Å². The topological polar surface area (TPSA) is 56.3 Å². The number of rotatable bonds is 3. The Morgan fingerprint density at radius 3 is 2.71 bits per heavy atom. The monoisotopic (exact) mass is 279 g/mol. The van der Waals surface area contributed by atoms with Gasteiger partial charge < -0.3 is 0 Å². The van der Waals surface area contributed by atoms with Gasteiger partial charge in [0.2, 0.25) is 0 Å². The average molecular weight is 280 g/mol. The molecule has 1 aromatic heterocycles. The van der Waals surface area contributed by atoms with E-state index in [1.165, 1.54) is 0 Å². The quantitative estimate of drug-likeness (QED) is 0.626. The summed E-state index contributed by atoms with van der Waals surface area (Å²) in [6.07, 6.45) is 2.12. The van der Waals surface area contributed by atoms with Gasteiger partial charge in [0, 0.05) is 6.20 Å². The second-order valence-corrected chi connectivity index (χ2v) is 5.27. The first-order valence-electron chi connectivity index (χ1n) is 3.88. The molecular formula is C8H10BrNO3S. The third-order valence-corrected chi connectivity index (χ3v) is 2.61. The fourth-order valence-electron chi connectivity index (χ4n) is 0.988. The van der Waals surface area contributed by atoms with E-state index in [4.69, 9.17) is 4.18 Å². The first-order valence-corrected chi connectivity index (χ1v) is 6.49. The fraction of sp³-hybridized carbons (Fsp3) is 0.375. The number of halogens is 1.